The molecular formula is C11H12N2O4S. The monoisotopic (exact) mass is 268 g/mol. The van der Waals surface area contributed by atoms with Gasteiger partial charge in [-0.3, -0.25) is 4.72 Å². The van der Waals surface area contributed by atoms with Gasteiger partial charge in [0.2, 0.25) is 0 Å². The third-order valence-corrected chi connectivity index (χ3v) is 3.72. The molecule has 0 aliphatic rings. The topological polar surface area (TPSA) is 92.4 Å². The van der Waals surface area contributed by atoms with Gasteiger partial charge in [0.25, 0.3) is 10.0 Å². The van der Waals surface area contributed by atoms with Crippen LogP contribution in [-0.4, -0.2) is 18.7 Å². The summed E-state index contributed by atoms with van der Waals surface area (Å²) < 4.78 is 30.7. The lowest BCUT2D eigenvalue weighted by atomic mass is 10.1. The molecule has 0 saturated carbocycles. The third kappa shape index (κ3) is 2.69. The molecule has 0 amide bonds. The first kappa shape index (κ1) is 12.6. The van der Waals surface area contributed by atoms with Crippen molar-refractivity contribution in [1.82, 2.24) is 5.16 Å². The fourth-order valence-corrected chi connectivity index (χ4v) is 2.38. The second kappa shape index (κ2) is 4.79. The van der Waals surface area contributed by atoms with Crippen LogP contribution in [0, 0.1) is 0 Å². The summed E-state index contributed by atoms with van der Waals surface area (Å²) in [6, 6.07) is 7.36. The SMILES string of the molecule is CC(O)c1ccc(S(=O)(=O)Nc2ccon2)cc1. The van der Waals surface area contributed by atoms with Crippen molar-refractivity contribution in [3.05, 3.63) is 42.2 Å². The summed E-state index contributed by atoms with van der Waals surface area (Å²) in [5.41, 5.74) is 0.649. The van der Waals surface area contributed by atoms with Crippen molar-refractivity contribution in [3.63, 3.8) is 0 Å². The van der Waals surface area contributed by atoms with Crippen molar-refractivity contribution < 1.29 is 18.0 Å². The second-order valence-corrected chi connectivity index (χ2v) is 5.42. The summed E-state index contributed by atoms with van der Waals surface area (Å²) in [4.78, 5) is 0.0925. The first-order chi connectivity index (χ1) is 8.49. The number of anilines is 1. The molecule has 2 N–H and O–H groups in total. The van der Waals surface area contributed by atoms with Crippen molar-refractivity contribution in [3.8, 4) is 0 Å². The number of nitrogens with zero attached hydrogens (tertiary/aromatic N) is 1. The molecule has 2 rings (SSSR count). The highest BCUT2D eigenvalue weighted by atomic mass is 32.2. The molecule has 1 aromatic heterocycles. The molecule has 0 saturated heterocycles. The van der Waals surface area contributed by atoms with Crippen LogP contribution in [0.3, 0.4) is 0 Å². The summed E-state index contributed by atoms with van der Waals surface area (Å²) in [5, 5.41) is 12.8. The van der Waals surface area contributed by atoms with E-state index in [0.717, 1.165) is 0 Å². The van der Waals surface area contributed by atoms with Crippen LogP contribution in [0.2, 0.25) is 0 Å². The van der Waals surface area contributed by atoms with E-state index in [2.05, 4.69) is 14.4 Å². The fourth-order valence-electron chi connectivity index (χ4n) is 1.39. The van der Waals surface area contributed by atoms with Crippen LogP contribution < -0.4 is 4.72 Å². The molecule has 0 bridgehead atoms. The van der Waals surface area contributed by atoms with Gasteiger partial charge in [-0.2, -0.15) is 0 Å². The van der Waals surface area contributed by atoms with E-state index in [4.69, 9.17) is 0 Å². The Bertz CT molecular complexity index is 603. The van der Waals surface area contributed by atoms with Gasteiger partial charge in [0.1, 0.15) is 6.26 Å². The van der Waals surface area contributed by atoms with E-state index in [1.54, 1.807) is 19.1 Å². The minimum atomic E-state index is -3.68. The van der Waals surface area contributed by atoms with Gasteiger partial charge in [0.15, 0.2) is 5.82 Å². The normalized spacial score (nSPS) is 13.2. The molecule has 0 radical (unpaired) electrons. The summed E-state index contributed by atoms with van der Waals surface area (Å²) in [6.45, 7) is 1.61. The summed E-state index contributed by atoms with van der Waals surface area (Å²) in [7, 11) is -3.68. The fraction of sp³-hybridized carbons (Fsp3) is 0.182. The van der Waals surface area contributed by atoms with E-state index in [-0.39, 0.29) is 10.7 Å². The first-order valence-corrected chi connectivity index (χ1v) is 6.68. The Hall–Kier alpha value is -1.86. The van der Waals surface area contributed by atoms with E-state index in [9.17, 15) is 13.5 Å². The molecule has 1 unspecified atom stereocenters. The highest BCUT2D eigenvalue weighted by Gasteiger charge is 2.15. The highest BCUT2D eigenvalue weighted by molar-refractivity contribution is 7.92. The van der Waals surface area contributed by atoms with E-state index in [1.165, 1.54) is 24.5 Å². The van der Waals surface area contributed by atoms with Crippen molar-refractivity contribution >= 4 is 15.8 Å². The number of nitrogens with one attached hydrogen (secondary N) is 1. The van der Waals surface area contributed by atoms with Gasteiger partial charge in [-0.25, -0.2) is 8.42 Å². The number of rotatable bonds is 4. The van der Waals surface area contributed by atoms with E-state index in [1.807, 2.05) is 0 Å². The molecule has 0 aliphatic carbocycles. The van der Waals surface area contributed by atoms with Crippen molar-refractivity contribution in [2.45, 2.75) is 17.9 Å². The van der Waals surface area contributed by atoms with Crippen molar-refractivity contribution in [2.24, 2.45) is 0 Å². The summed E-state index contributed by atoms with van der Waals surface area (Å²) in [6.07, 6.45) is 0.638. The van der Waals surface area contributed by atoms with Gasteiger partial charge >= 0.3 is 0 Å². The smallest absolute Gasteiger partial charge is 0.263 e. The van der Waals surface area contributed by atoms with Crippen LogP contribution in [0.5, 0.6) is 0 Å². The quantitative estimate of drug-likeness (QED) is 0.877. The number of hydrogen-bond acceptors (Lipinski definition) is 5. The molecule has 2 aromatic rings. The molecule has 0 fully saturated rings. The minimum absolute atomic E-state index is 0.0925. The molecule has 0 spiro atoms. The van der Waals surface area contributed by atoms with Crippen LogP contribution >= 0.6 is 0 Å². The summed E-state index contributed by atoms with van der Waals surface area (Å²) >= 11 is 0. The van der Waals surface area contributed by atoms with E-state index >= 15 is 0 Å². The van der Waals surface area contributed by atoms with Crippen LogP contribution in [0.25, 0.3) is 0 Å². The van der Waals surface area contributed by atoms with Gasteiger partial charge in [-0.05, 0) is 24.6 Å². The Morgan fingerprint density at radius 1 is 1.28 bits per heavy atom. The number of aliphatic hydroxyl groups excluding tert-OH is 1. The molecular weight excluding hydrogens is 256 g/mol. The number of aliphatic hydroxyl groups is 1. The predicted molar refractivity (Wildman–Crippen MR) is 64.4 cm³/mol. The molecule has 1 atom stereocenters. The van der Waals surface area contributed by atoms with Gasteiger partial charge < -0.3 is 9.63 Å². The zero-order valence-electron chi connectivity index (χ0n) is 9.57. The van der Waals surface area contributed by atoms with E-state index < -0.39 is 16.1 Å². The molecule has 6 nitrogen and oxygen atoms in total. The Labute approximate surface area is 104 Å². The number of sulfonamides is 1. The lowest BCUT2D eigenvalue weighted by molar-refractivity contribution is 0.199. The Morgan fingerprint density at radius 3 is 2.44 bits per heavy atom. The number of benzene rings is 1. The molecule has 7 heteroatoms. The molecule has 18 heavy (non-hydrogen) atoms. The molecule has 0 aliphatic heterocycles. The lowest BCUT2D eigenvalue weighted by Crippen LogP contribution is -2.13. The molecule has 96 valence electrons. The standard InChI is InChI=1S/C11H12N2O4S/c1-8(14)9-2-4-10(5-3-9)18(15,16)13-11-6-7-17-12-11/h2-8,14H,1H3,(H,12,13). The zero-order valence-corrected chi connectivity index (χ0v) is 10.4. The molecule has 1 aromatic carbocycles. The predicted octanol–water partition coefficient (Wildman–Crippen LogP) is 1.53. The Morgan fingerprint density at radius 2 is 1.94 bits per heavy atom. The third-order valence-electron chi connectivity index (χ3n) is 2.35. The Balaban J connectivity index is 2.25. The first-order valence-electron chi connectivity index (χ1n) is 5.20. The number of aromatic nitrogens is 1. The zero-order chi connectivity index (χ0) is 13.2. The van der Waals surface area contributed by atoms with Gasteiger partial charge in [-0.15, -0.1) is 0 Å². The van der Waals surface area contributed by atoms with Crippen molar-refractivity contribution in [2.75, 3.05) is 4.72 Å². The van der Waals surface area contributed by atoms with Gasteiger partial charge in [-0.1, -0.05) is 17.3 Å². The average molecular weight is 268 g/mol. The maximum Gasteiger partial charge on any atom is 0.263 e. The lowest BCUT2D eigenvalue weighted by Gasteiger charge is -2.07. The molecule has 1 heterocycles. The number of hydrogen-bond donors (Lipinski definition) is 2. The van der Waals surface area contributed by atoms with Gasteiger partial charge in [0, 0.05) is 6.07 Å². The largest absolute Gasteiger partial charge is 0.389 e. The van der Waals surface area contributed by atoms with E-state index in [0.29, 0.717) is 5.56 Å². The van der Waals surface area contributed by atoms with Crippen molar-refractivity contribution in [1.29, 1.82) is 0 Å². The van der Waals surface area contributed by atoms with Crippen LogP contribution in [0.15, 0.2) is 46.0 Å². The Kier molecular flexibility index (Phi) is 3.35. The summed E-state index contributed by atoms with van der Waals surface area (Å²) in [5.74, 6) is 0.120. The minimum Gasteiger partial charge on any atom is -0.389 e. The van der Waals surface area contributed by atoms with Crippen LogP contribution in [0.1, 0.15) is 18.6 Å². The average Bonchev–Trinajstić information content (AvgIpc) is 2.81. The van der Waals surface area contributed by atoms with Crippen LogP contribution in [-0.2, 0) is 10.0 Å². The van der Waals surface area contributed by atoms with Crippen LogP contribution in [0.4, 0.5) is 5.82 Å². The van der Waals surface area contributed by atoms with Gasteiger partial charge in [0.05, 0.1) is 11.0 Å². The maximum absolute atomic E-state index is 11.9. The maximum atomic E-state index is 11.9. The second-order valence-electron chi connectivity index (χ2n) is 3.74. The highest BCUT2D eigenvalue weighted by Crippen LogP contribution is 2.18.